The van der Waals surface area contributed by atoms with E-state index in [1.54, 1.807) is 4.90 Å². The van der Waals surface area contributed by atoms with Crippen LogP contribution in [0.25, 0.3) is 0 Å². The molecule has 0 saturated carbocycles. The van der Waals surface area contributed by atoms with Gasteiger partial charge in [0.05, 0.1) is 19.8 Å². The van der Waals surface area contributed by atoms with E-state index < -0.39 is 31.2 Å². The van der Waals surface area contributed by atoms with Crippen molar-refractivity contribution in [1.29, 1.82) is 0 Å². The van der Waals surface area contributed by atoms with Crippen molar-refractivity contribution in [3.8, 4) is 0 Å². The van der Waals surface area contributed by atoms with Crippen LogP contribution in [0.2, 0.25) is 0 Å². The largest absolute Gasteiger partial charge is 3.00 e. The van der Waals surface area contributed by atoms with Crippen LogP contribution in [0.3, 0.4) is 0 Å². The zero-order chi connectivity index (χ0) is 21.3. The molecule has 21 heteroatoms. The fourth-order valence-electron chi connectivity index (χ4n) is 0.760. The fraction of sp³-hybridized carbons (Fsp3) is 1.00. The minimum Gasteiger partial charge on any atom is -0.759 e. The Hall–Kier alpha value is 0.515. The smallest absolute Gasteiger partial charge is 0.759 e. The Kier molecular flexibility index (Phi) is 35.3. The van der Waals surface area contributed by atoms with Crippen molar-refractivity contribution in [2.45, 2.75) is 0 Å². The van der Waals surface area contributed by atoms with Crippen molar-refractivity contribution in [3.63, 3.8) is 0 Å². The van der Waals surface area contributed by atoms with E-state index in [1.807, 2.05) is 0 Å². The third-order valence-corrected chi connectivity index (χ3v) is 1.25. The zero-order valence-electron chi connectivity index (χ0n) is 13.3. The monoisotopic (exact) mass is 491 g/mol. The molecule has 0 aromatic heterocycles. The van der Waals surface area contributed by atoms with Gasteiger partial charge < -0.3 is 42.6 Å². The third kappa shape index (κ3) is 176. The van der Waals surface area contributed by atoms with E-state index in [0.717, 1.165) is 0 Å². The Morgan fingerprint density at radius 3 is 0.704 bits per heavy atom. The second-order valence-corrected chi connectivity index (χ2v) is 5.69. The maximum atomic E-state index is 8.52. The first kappa shape index (κ1) is 41.8. The van der Waals surface area contributed by atoms with Crippen molar-refractivity contribution in [2.24, 2.45) is 0 Å². The van der Waals surface area contributed by atoms with Gasteiger partial charge in [0.25, 0.3) is 0 Å². The molecule has 0 aromatic carbocycles. The van der Waals surface area contributed by atoms with Crippen LogP contribution in [0, 0.1) is 0 Å². The molecule has 158 valence electrons. The second kappa shape index (κ2) is 22.8. The maximum absolute atomic E-state index is 8.52. The molecule has 0 spiro atoms. The molecule has 0 heterocycles. The summed E-state index contributed by atoms with van der Waals surface area (Å²) < 4.78 is 102. The average molecular weight is 491 g/mol. The molecule has 0 aliphatic heterocycles. The Morgan fingerprint density at radius 1 is 0.519 bits per heavy atom. The van der Waals surface area contributed by atoms with Crippen LogP contribution in [-0.4, -0.2) is 147 Å². The first-order valence-electron chi connectivity index (χ1n) is 5.40. The van der Waals surface area contributed by atoms with E-state index >= 15 is 0 Å². The summed E-state index contributed by atoms with van der Waals surface area (Å²) in [6, 6.07) is 0. The van der Waals surface area contributed by atoms with E-state index in [0.29, 0.717) is 19.6 Å². The number of hydrogen-bond acceptors (Lipinski definition) is 16. The topological polar surface area (TPSA) is 305 Å². The van der Waals surface area contributed by atoms with Crippen molar-refractivity contribution in [3.05, 3.63) is 0 Å². The van der Waals surface area contributed by atoms with Gasteiger partial charge in [0.2, 0.25) is 0 Å². The quantitative estimate of drug-likeness (QED) is 0.176. The van der Waals surface area contributed by atoms with E-state index in [1.165, 1.54) is 0 Å². The summed E-state index contributed by atoms with van der Waals surface area (Å²) in [5, 5.41) is 25.5. The van der Waals surface area contributed by atoms with E-state index in [2.05, 4.69) is 0 Å². The van der Waals surface area contributed by atoms with Crippen LogP contribution in [-0.2, 0) is 31.2 Å². The summed E-state index contributed by atoms with van der Waals surface area (Å²) in [4.78, 5) is 1.79. The SMILES string of the molecule is O=S(=O)([O-])[O-].O=S(=O)([O-])[O-].O=S(=O)([O-])[O-].OCCN(CCO)CCO.[Al+3].[Al+3]. The normalized spacial score (nSPS) is 10.4. The number of hydrogen-bond donors (Lipinski definition) is 3. The van der Waals surface area contributed by atoms with Crippen LogP contribution in [0.15, 0.2) is 0 Å². The molecule has 0 fully saturated rings. The minimum atomic E-state index is -5.17. The summed E-state index contributed by atoms with van der Waals surface area (Å²) in [5.74, 6) is 0. The molecule has 0 amide bonds. The van der Waals surface area contributed by atoms with Crippen LogP contribution in [0.5, 0.6) is 0 Å². The molecule has 0 aliphatic rings. The van der Waals surface area contributed by atoms with Crippen molar-refractivity contribution < 1.29 is 67.9 Å². The fourth-order valence-corrected chi connectivity index (χ4v) is 0.760. The van der Waals surface area contributed by atoms with Crippen LogP contribution < -0.4 is 0 Å². The maximum Gasteiger partial charge on any atom is 3.00 e. The van der Waals surface area contributed by atoms with E-state index in [4.69, 9.17) is 67.9 Å². The number of aliphatic hydroxyl groups is 3. The molecular weight excluding hydrogens is 476 g/mol. The summed E-state index contributed by atoms with van der Waals surface area (Å²) in [5.41, 5.74) is 0. The average Bonchev–Trinajstić information content (AvgIpc) is 2.22. The second-order valence-electron chi connectivity index (χ2n) is 3.24. The van der Waals surface area contributed by atoms with Gasteiger partial charge in [-0.25, -0.2) is 0 Å². The Bertz CT molecular complexity index is 481. The van der Waals surface area contributed by atoms with E-state index in [9.17, 15) is 0 Å². The van der Waals surface area contributed by atoms with Gasteiger partial charge in [0.15, 0.2) is 0 Å². The van der Waals surface area contributed by atoms with Crippen LogP contribution in [0.1, 0.15) is 0 Å². The van der Waals surface area contributed by atoms with Crippen molar-refractivity contribution in [1.82, 2.24) is 4.90 Å². The van der Waals surface area contributed by atoms with Gasteiger partial charge >= 0.3 is 34.7 Å². The van der Waals surface area contributed by atoms with Crippen LogP contribution in [0.4, 0.5) is 0 Å². The molecule has 27 heavy (non-hydrogen) atoms. The summed E-state index contributed by atoms with van der Waals surface area (Å²) in [6.07, 6.45) is 0. The molecule has 0 rings (SSSR count). The summed E-state index contributed by atoms with van der Waals surface area (Å²) in [6.45, 7) is 1.75. The molecule has 0 aliphatic carbocycles. The van der Waals surface area contributed by atoms with Crippen molar-refractivity contribution in [2.75, 3.05) is 39.5 Å². The van der Waals surface area contributed by atoms with Crippen molar-refractivity contribution >= 4 is 65.9 Å². The Balaban J connectivity index is -0.0000000564. The number of nitrogens with zero attached hydrogens (tertiary/aromatic N) is 1. The predicted molar refractivity (Wildman–Crippen MR) is 80.6 cm³/mol. The molecular formula is C6H15Al2NO15S3. The first-order chi connectivity index (χ1) is 10.8. The molecule has 0 saturated heterocycles. The summed E-state index contributed by atoms with van der Waals surface area (Å²) >= 11 is 0. The van der Waals surface area contributed by atoms with Gasteiger partial charge in [-0.05, 0) is 0 Å². The molecule has 0 unspecified atom stereocenters. The first-order valence-corrected chi connectivity index (χ1v) is 9.40. The zero-order valence-corrected chi connectivity index (χ0v) is 18.1. The Labute approximate surface area is 177 Å². The minimum absolute atomic E-state index is 0. The van der Waals surface area contributed by atoms with Gasteiger partial charge in [-0.15, -0.1) is 0 Å². The van der Waals surface area contributed by atoms with Gasteiger partial charge in [-0.1, -0.05) is 0 Å². The predicted octanol–water partition coefficient (Wildman–Crippen LogP) is -6.51. The molecule has 0 radical (unpaired) electrons. The van der Waals surface area contributed by atoms with Crippen LogP contribution >= 0.6 is 0 Å². The molecule has 0 aromatic rings. The summed E-state index contributed by atoms with van der Waals surface area (Å²) in [7, 11) is -15.5. The molecule has 0 bridgehead atoms. The van der Waals surface area contributed by atoms with Gasteiger partial charge in [-0.3, -0.25) is 30.2 Å². The van der Waals surface area contributed by atoms with Gasteiger partial charge in [0, 0.05) is 50.8 Å². The van der Waals surface area contributed by atoms with Gasteiger partial charge in [-0.2, -0.15) is 0 Å². The van der Waals surface area contributed by atoms with E-state index in [-0.39, 0.29) is 54.5 Å². The number of rotatable bonds is 6. The molecule has 16 nitrogen and oxygen atoms in total. The van der Waals surface area contributed by atoms with Gasteiger partial charge in [0.1, 0.15) is 0 Å². The Morgan fingerprint density at radius 2 is 0.630 bits per heavy atom. The standard InChI is InChI=1S/C6H15NO3.2Al.3H2O4S/c8-4-1-7(2-5-9)3-6-10;;;3*1-5(2,3)4/h8-10H,1-6H2;;;3*(H2,1,2,3,4)/q;2*+3;;;/p-6. The number of aliphatic hydroxyl groups excluding tert-OH is 3. The molecule has 3 N–H and O–H groups in total. The molecule has 0 atom stereocenters. The third-order valence-electron chi connectivity index (χ3n) is 1.25.